The number of rotatable bonds is 3. The van der Waals surface area contributed by atoms with Crippen LogP contribution in [0.4, 0.5) is 11.4 Å². The molecule has 8 heteroatoms. The van der Waals surface area contributed by atoms with E-state index in [-0.39, 0.29) is 5.78 Å². The fourth-order valence-corrected chi connectivity index (χ4v) is 18.7. The molecule has 1 N–H and O–H groups in total. The van der Waals surface area contributed by atoms with E-state index in [1.54, 1.807) is 6.08 Å². The number of fused-ring (bicyclic) bond motifs is 2. The van der Waals surface area contributed by atoms with Gasteiger partial charge in [-0.2, -0.15) is 0 Å². The van der Waals surface area contributed by atoms with Crippen LogP contribution in [0.25, 0.3) is 0 Å². The first kappa shape index (κ1) is 19.0. The number of aromatic hydroxyl groups is 1. The van der Waals surface area contributed by atoms with E-state index >= 15 is 0 Å². The molecule has 1 saturated heterocycles. The number of allylic oxidation sites excluding steroid dienone is 3. The van der Waals surface area contributed by atoms with Crippen molar-refractivity contribution in [1.82, 2.24) is 4.90 Å². The zero-order chi connectivity index (χ0) is 19.3. The van der Waals surface area contributed by atoms with Gasteiger partial charge in [0.2, 0.25) is 0 Å². The minimum atomic E-state index is -1.43. The van der Waals surface area contributed by atoms with Crippen LogP contribution < -0.4 is 9.25 Å². The number of hydrogen-bond acceptors (Lipinski definition) is 7. The molecule has 142 valence electrons. The summed E-state index contributed by atoms with van der Waals surface area (Å²) in [5.74, 6) is 2.73. The number of carbonyl (C=O) groups excluding carboxylic acids is 1. The Morgan fingerprint density at radius 3 is 2.44 bits per heavy atom. The second-order valence-corrected chi connectivity index (χ2v) is 18.6. The first-order chi connectivity index (χ1) is 12.9. The second-order valence-electron chi connectivity index (χ2n) is 7.04. The number of benzene rings is 1. The molecule has 0 amide bonds. The van der Waals surface area contributed by atoms with Crippen LogP contribution in [0.3, 0.4) is 0 Å². The molecule has 4 rings (SSSR count). The van der Waals surface area contributed by atoms with Gasteiger partial charge in [-0.15, -0.1) is 0 Å². The fraction of sp³-hybridized carbons (Fsp3) is 0.368. The zero-order valence-electron chi connectivity index (χ0n) is 15.8. The van der Waals surface area contributed by atoms with Crippen LogP contribution in [-0.4, -0.2) is 73.5 Å². The SMILES string of the molecule is CN(C)C1=CC2=Nc3cc(N(C)C)c(O)c([As]4SCCS4)c3CC2=CC1=O. The number of hydrogen-bond donors (Lipinski definition) is 1. The molecular formula is C19H22AsN3O2S2. The van der Waals surface area contributed by atoms with E-state index in [1.807, 2.05) is 70.2 Å². The zero-order valence-corrected chi connectivity index (χ0v) is 19.3. The van der Waals surface area contributed by atoms with Gasteiger partial charge >= 0.3 is 171 Å². The molecule has 0 bridgehead atoms. The van der Waals surface area contributed by atoms with Gasteiger partial charge in [-0.25, -0.2) is 0 Å². The van der Waals surface area contributed by atoms with Crippen molar-refractivity contribution in [3.05, 3.63) is 35.1 Å². The van der Waals surface area contributed by atoms with Crippen molar-refractivity contribution in [2.75, 3.05) is 44.6 Å². The molecule has 1 aromatic carbocycles. The average Bonchev–Trinajstić information content (AvgIpc) is 3.13. The van der Waals surface area contributed by atoms with Gasteiger partial charge in [0.05, 0.1) is 0 Å². The first-order valence-electron chi connectivity index (χ1n) is 8.72. The van der Waals surface area contributed by atoms with Gasteiger partial charge in [0.25, 0.3) is 0 Å². The Labute approximate surface area is 170 Å². The van der Waals surface area contributed by atoms with E-state index in [2.05, 4.69) is 0 Å². The molecule has 27 heavy (non-hydrogen) atoms. The first-order valence-corrected chi connectivity index (χ1v) is 16.1. The fourth-order valence-electron chi connectivity index (χ4n) is 3.40. The maximum atomic E-state index is 12.5. The summed E-state index contributed by atoms with van der Waals surface area (Å²) in [5.41, 5.74) is 5.35. The molecular weight excluding hydrogens is 441 g/mol. The Balaban J connectivity index is 1.90. The molecule has 1 fully saturated rings. The van der Waals surface area contributed by atoms with Crippen molar-refractivity contribution in [2.24, 2.45) is 4.99 Å². The van der Waals surface area contributed by atoms with Crippen LogP contribution >= 0.6 is 20.0 Å². The van der Waals surface area contributed by atoms with Crippen molar-refractivity contribution < 1.29 is 9.90 Å². The number of ketones is 1. The van der Waals surface area contributed by atoms with Crippen molar-refractivity contribution in [3.63, 3.8) is 0 Å². The van der Waals surface area contributed by atoms with Crippen molar-refractivity contribution in [3.8, 4) is 5.75 Å². The quantitative estimate of drug-likeness (QED) is 0.548. The third kappa shape index (κ3) is 3.34. The Morgan fingerprint density at radius 1 is 1.11 bits per heavy atom. The Morgan fingerprint density at radius 2 is 1.81 bits per heavy atom. The van der Waals surface area contributed by atoms with Crippen LogP contribution in [0.2, 0.25) is 0 Å². The Hall–Kier alpha value is -1.30. The molecule has 2 aliphatic heterocycles. The predicted molar refractivity (Wildman–Crippen MR) is 118 cm³/mol. The van der Waals surface area contributed by atoms with Gasteiger partial charge in [0, 0.05) is 0 Å². The van der Waals surface area contributed by atoms with Gasteiger partial charge in [0.1, 0.15) is 0 Å². The molecule has 0 unspecified atom stereocenters. The summed E-state index contributed by atoms with van der Waals surface area (Å²) in [4.78, 5) is 21.2. The summed E-state index contributed by atoms with van der Waals surface area (Å²) in [6, 6.07) is 1.98. The number of likely N-dealkylation sites (N-methyl/N-ethyl adjacent to an activating group) is 1. The molecule has 5 nitrogen and oxygen atoms in total. The van der Waals surface area contributed by atoms with Gasteiger partial charge < -0.3 is 0 Å². The normalized spacial score (nSPS) is 19.1. The van der Waals surface area contributed by atoms with E-state index in [0.717, 1.165) is 44.1 Å². The van der Waals surface area contributed by atoms with Crippen LogP contribution in [0.1, 0.15) is 5.56 Å². The predicted octanol–water partition coefficient (Wildman–Crippen LogP) is 2.22. The molecule has 2 heterocycles. The number of carbonyl (C=O) groups is 1. The summed E-state index contributed by atoms with van der Waals surface area (Å²) in [5, 5.41) is 11.1. The van der Waals surface area contributed by atoms with Crippen molar-refractivity contribution >= 4 is 59.6 Å². The molecule has 0 radical (unpaired) electrons. The van der Waals surface area contributed by atoms with Gasteiger partial charge in [0.15, 0.2) is 0 Å². The number of phenols is 1. The molecule has 3 aliphatic rings. The molecule has 0 saturated carbocycles. The summed E-state index contributed by atoms with van der Waals surface area (Å²) in [6.45, 7) is 0. The second kappa shape index (κ2) is 7.26. The monoisotopic (exact) mass is 463 g/mol. The van der Waals surface area contributed by atoms with Crippen LogP contribution in [0.15, 0.2) is 34.5 Å². The maximum absolute atomic E-state index is 12.5. The third-order valence-corrected chi connectivity index (χ3v) is 18.5. The van der Waals surface area contributed by atoms with E-state index in [4.69, 9.17) is 4.99 Å². The summed E-state index contributed by atoms with van der Waals surface area (Å²) >= 11 is -1.43. The molecule has 1 aliphatic carbocycles. The van der Waals surface area contributed by atoms with Crippen LogP contribution in [-0.2, 0) is 11.2 Å². The van der Waals surface area contributed by atoms with Gasteiger partial charge in [-0.05, 0) is 0 Å². The van der Waals surface area contributed by atoms with Crippen molar-refractivity contribution in [1.29, 1.82) is 0 Å². The van der Waals surface area contributed by atoms with Gasteiger partial charge in [-0.3, -0.25) is 0 Å². The molecule has 1 aromatic rings. The number of anilines is 1. The van der Waals surface area contributed by atoms with Crippen molar-refractivity contribution in [2.45, 2.75) is 6.42 Å². The third-order valence-electron chi connectivity index (χ3n) is 4.75. The molecule has 0 atom stereocenters. The van der Waals surface area contributed by atoms with E-state index in [1.165, 1.54) is 0 Å². The number of phenolic OH excluding ortho intramolecular Hbond substituents is 1. The topological polar surface area (TPSA) is 56.1 Å². The minimum absolute atomic E-state index is 0.0237. The van der Waals surface area contributed by atoms with Gasteiger partial charge in [-0.1, -0.05) is 0 Å². The summed E-state index contributed by atoms with van der Waals surface area (Å²) < 4.78 is 1.12. The summed E-state index contributed by atoms with van der Waals surface area (Å²) in [7, 11) is 11.7. The molecule has 0 spiro atoms. The van der Waals surface area contributed by atoms with Crippen LogP contribution in [0.5, 0.6) is 5.75 Å². The molecule has 0 aromatic heterocycles. The number of aliphatic imine (C=N–C) groups is 1. The van der Waals surface area contributed by atoms with E-state index < -0.39 is 12.3 Å². The summed E-state index contributed by atoms with van der Waals surface area (Å²) in [6.07, 6.45) is 4.27. The number of nitrogens with zero attached hydrogens (tertiary/aromatic N) is 3. The average molecular weight is 463 g/mol. The Kier molecular flexibility index (Phi) is 5.12. The Bertz CT molecular complexity index is 916. The standard InChI is InChI=1S/C19H22AsN3O2S2/c1-22(2)15-9-13-11(8-17(15)24)7-12-14(21-13)10-16(23(3)4)19(25)18(12)20-26-5-6-27-20/h8-10,25H,5-7H2,1-4H3. The van der Waals surface area contributed by atoms with E-state index in [9.17, 15) is 9.90 Å². The van der Waals surface area contributed by atoms with Crippen LogP contribution in [0, 0.1) is 0 Å². The van der Waals surface area contributed by atoms with E-state index in [0.29, 0.717) is 17.9 Å².